The van der Waals surface area contributed by atoms with E-state index in [1.165, 1.54) is 0 Å². The van der Waals surface area contributed by atoms with Crippen LogP contribution < -0.4 is 0 Å². The topological polar surface area (TPSA) is 67.1 Å². The molecule has 0 unspecified atom stereocenters. The first kappa shape index (κ1) is 13.8. The molecule has 0 atom stereocenters. The standard InChI is InChI=1S/C11H21N5O/c1-3-5-7-16-11(12-13-14-16)10-15(6-4-2)8-9-17/h4,17H,2-3,5-10H2,1H3. The molecule has 0 spiro atoms. The van der Waals surface area contributed by atoms with Crippen molar-refractivity contribution in [3.63, 3.8) is 0 Å². The summed E-state index contributed by atoms with van der Waals surface area (Å²) in [5.41, 5.74) is 0. The van der Waals surface area contributed by atoms with Crippen molar-refractivity contribution in [1.29, 1.82) is 0 Å². The van der Waals surface area contributed by atoms with E-state index in [0.717, 1.165) is 31.8 Å². The van der Waals surface area contributed by atoms with Gasteiger partial charge in [-0.2, -0.15) is 0 Å². The molecule has 0 aromatic carbocycles. The fraction of sp³-hybridized carbons (Fsp3) is 0.727. The van der Waals surface area contributed by atoms with Gasteiger partial charge in [0.1, 0.15) is 0 Å². The maximum Gasteiger partial charge on any atom is 0.165 e. The van der Waals surface area contributed by atoms with Crippen molar-refractivity contribution in [2.75, 3.05) is 19.7 Å². The van der Waals surface area contributed by atoms with Crippen molar-refractivity contribution in [3.05, 3.63) is 18.5 Å². The lowest BCUT2D eigenvalue weighted by Crippen LogP contribution is -2.28. The van der Waals surface area contributed by atoms with Gasteiger partial charge in [0, 0.05) is 19.6 Å². The van der Waals surface area contributed by atoms with Crippen LogP contribution in [0.5, 0.6) is 0 Å². The highest BCUT2D eigenvalue weighted by molar-refractivity contribution is 4.83. The molecule has 0 fully saturated rings. The third kappa shape index (κ3) is 4.62. The summed E-state index contributed by atoms with van der Waals surface area (Å²) in [4.78, 5) is 2.06. The van der Waals surface area contributed by atoms with E-state index < -0.39 is 0 Å². The largest absolute Gasteiger partial charge is 0.395 e. The maximum absolute atomic E-state index is 8.97. The Bertz CT molecular complexity index is 325. The number of tetrazole rings is 1. The highest BCUT2D eigenvalue weighted by atomic mass is 16.3. The number of rotatable bonds is 9. The normalized spacial score (nSPS) is 11.0. The van der Waals surface area contributed by atoms with Crippen molar-refractivity contribution in [2.24, 2.45) is 0 Å². The molecule has 0 aliphatic heterocycles. The van der Waals surface area contributed by atoms with E-state index in [4.69, 9.17) is 5.11 Å². The molecule has 1 aromatic heterocycles. The summed E-state index contributed by atoms with van der Waals surface area (Å²) in [6.45, 7) is 8.79. The number of aryl methyl sites for hydroxylation is 1. The quantitative estimate of drug-likeness (QED) is 0.634. The van der Waals surface area contributed by atoms with E-state index in [1.807, 2.05) is 10.8 Å². The van der Waals surface area contributed by atoms with Gasteiger partial charge in [0.25, 0.3) is 0 Å². The van der Waals surface area contributed by atoms with Crippen LogP contribution in [0.1, 0.15) is 25.6 Å². The predicted octanol–water partition coefficient (Wildman–Crippen LogP) is 0.453. The van der Waals surface area contributed by atoms with Gasteiger partial charge in [0.05, 0.1) is 13.2 Å². The first-order chi connectivity index (χ1) is 8.31. The Morgan fingerprint density at radius 3 is 3.00 bits per heavy atom. The van der Waals surface area contributed by atoms with Gasteiger partial charge in [0.2, 0.25) is 0 Å². The minimum atomic E-state index is 0.129. The molecule has 1 aromatic rings. The average molecular weight is 239 g/mol. The SMILES string of the molecule is C=CCN(CCO)Cc1nnnn1CCCC. The van der Waals surface area contributed by atoms with Crippen LogP contribution in [0.15, 0.2) is 12.7 Å². The summed E-state index contributed by atoms with van der Waals surface area (Å²) in [7, 11) is 0. The van der Waals surface area contributed by atoms with E-state index in [-0.39, 0.29) is 6.61 Å². The van der Waals surface area contributed by atoms with Gasteiger partial charge in [0.15, 0.2) is 5.82 Å². The van der Waals surface area contributed by atoms with Crippen LogP contribution in [0.25, 0.3) is 0 Å². The molecule has 0 saturated heterocycles. The van der Waals surface area contributed by atoms with E-state index in [9.17, 15) is 0 Å². The summed E-state index contributed by atoms with van der Waals surface area (Å²) in [6, 6.07) is 0. The maximum atomic E-state index is 8.97. The number of nitrogens with zero attached hydrogens (tertiary/aromatic N) is 5. The molecule has 0 radical (unpaired) electrons. The molecule has 6 heteroatoms. The molecule has 0 aliphatic rings. The van der Waals surface area contributed by atoms with E-state index in [1.54, 1.807) is 0 Å². The van der Waals surface area contributed by atoms with Gasteiger partial charge >= 0.3 is 0 Å². The highest BCUT2D eigenvalue weighted by Crippen LogP contribution is 2.02. The summed E-state index contributed by atoms with van der Waals surface area (Å²) in [6.07, 6.45) is 4.00. The zero-order valence-electron chi connectivity index (χ0n) is 10.4. The molecule has 0 saturated carbocycles. The minimum absolute atomic E-state index is 0.129. The molecule has 0 amide bonds. The lowest BCUT2D eigenvalue weighted by molar-refractivity contribution is 0.198. The number of hydrogen-bond acceptors (Lipinski definition) is 5. The second-order valence-electron chi connectivity index (χ2n) is 3.92. The number of hydrogen-bond donors (Lipinski definition) is 1. The first-order valence-electron chi connectivity index (χ1n) is 6.01. The first-order valence-corrected chi connectivity index (χ1v) is 6.01. The van der Waals surface area contributed by atoms with Crippen LogP contribution in [-0.2, 0) is 13.1 Å². The lowest BCUT2D eigenvalue weighted by Gasteiger charge is -2.18. The molecule has 17 heavy (non-hydrogen) atoms. The lowest BCUT2D eigenvalue weighted by atomic mass is 10.3. The molecular weight excluding hydrogens is 218 g/mol. The van der Waals surface area contributed by atoms with Crippen LogP contribution in [0, 0.1) is 0 Å². The number of aliphatic hydroxyl groups excluding tert-OH is 1. The third-order valence-electron chi connectivity index (χ3n) is 2.50. The van der Waals surface area contributed by atoms with E-state index in [2.05, 4.69) is 33.9 Å². The molecular formula is C11H21N5O. The fourth-order valence-corrected chi connectivity index (χ4v) is 1.58. The van der Waals surface area contributed by atoms with Crippen molar-refractivity contribution < 1.29 is 5.11 Å². The van der Waals surface area contributed by atoms with Crippen molar-refractivity contribution in [2.45, 2.75) is 32.9 Å². The number of unbranched alkanes of at least 4 members (excludes halogenated alkanes) is 1. The van der Waals surface area contributed by atoms with Crippen LogP contribution >= 0.6 is 0 Å². The zero-order chi connectivity index (χ0) is 12.5. The Morgan fingerprint density at radius 1 is 1.53 bits per heavy atom. The van der Waals surface area contributed by atoms with E-state index >= 15 is 0 Å². The van der Waals surface area contributed by atoms with Crippen LogP contribution in [-0.4, -0.2) is 49.9 Å². The summed E-state index contributed by atoms with van der Waals surface area (Å²) < 4.78 is 1.83. The summed E-state index contributed by atoms with van der Waals surface area (Å²) in [5, 5.41) is 20.6. The third-order valence-corrected chi connectivity index (χ3v) is 2.50. The molecule has 96 valence electrons. The van der Waals surface area contributed by atoms with Crippen molar-refractivity contribution in [1.82, 2.24) is 25.1 Å². The zero-order valence-corrected chi connectivity index (χ0v) is 10.4. The van der Waals surface area contributed by atoms with Gasteiger partial charge in [-0.25, -0.2) is 4.68 Å². The molecule has 1 rings (SSSR count). The predicted molar refractivity (Wildman–Crippen MR) is 65.3 cm³/mol. The van der Waals surface area contributed by atoms with Crippen molar-refractivity contribution in [3.8, 4) is 0 Å². The average Bonchev–Trinajstić information content (AvgIpc) is 2.74. The van der Waals surface area contributed by atoms with Crippen LogP contribution in [0.4, 0.5) is 0 Å². The Labute approximate surface area is 102 Å². The Hall–Kier alpha value is -1.27. The van der Waals surface area contributed by atoms with Gasteiger partial charge in [-0.05, 0) is 16.8 Å². The van der Waals surface area contributed by atoms with Crippen LogP contribution in [0.2, 0.25) is 0 Å². The second-order valence-corrected chi connectivity index (χ2v) is 3.92. The fourth-order valence-electron chi connectivity index (χ4n) is 1.58. The molecule has 6 nitrogen and oxygen atoms in total. The smallest absolute Gasteiger partial charge is 0.165 e. The van der Waals surface area contributed by atoms with E-state index in [0.29, 0.717) is 13.1 Å². The molecule has 0 aliphatic carbocycles. The Morgan fingerprint density at radius 2 is 2.35 bits per heavy atom. The second kappa shape index (κ2) is 7.92. The van der Waals surface area contributed by atoms with Gasteiger partial charge in [-0.15, -0.1) is 11.7 Å². The number of aliphatic hydroxyl groups is 1. The summed E-state index contributed by atoms with van der Waals surface area (Å²) in [5.74, 6) is 0.841. The summed E-state index contributed by atoms with van der Waals surface area (Å²) >= 11 is 0. The minimum Gasteiger partial charge on any atom is -0.395 e. The molecule has 1 heterocycles. The Kier molecular flexibility index (Phi) is 6.42. The molecule has 1 N–H and O–H groups in total. The van der Waals surface area contributed by atoms with Crippen LogP contribution in [0.3, 0.4) is 0 Å². The van der Waals surface area contributed by atoms with Crippen molar-refractivity contribution >= 4 is 0 Å². The Balaban J connectivity index is 2.57. The highest BCUT2D eigenvalue weighted by Gasteiger charge is 2.10. The molecule has 0 bridgehead atoms. The van der Waals surface area contributed by atoms with Gasteiger partial charge in [-0.1, -0.05) is 19.4 Å². The monoisotopic (exact) mass is 239 g/mol. The van der Waals surface area contributed by atoms with Gasteiger partial charge in [-0.3, -0.25) is 4.90 Å². The van der Waals surface area contributed by atoms with Gasteiger partial charge < -0.3 is 5.11 Å². The number of aromatic nitrogens is 4.